The van der Waals surface area contributed by atoms with Crippen molar-refractivity contribution in [2.24, 2.45) is 17.6 Å². The Morgan fingerprint density at radius 2 is 2.06 bits per heavy atom. The third-order valence-electron chi connectivity index (χ3n) is 2.94. The molecule has 0 aliphatic carbocycles. The Morgan fingerprint density at radius 1 is 1.44 bits per heavy atom. The fourth-order valence-corrected chi connectivity index (χ4v) is 2.32. The molecule has 1 rings (SSSR count). The molecule has 2 N–H and O–H groups in total. The van der Waals surface area contributed by atoms with Crippen LogP contribution in [0.3, 0.4) is 0 Å². The lowest BCUT2D eigenvalue weighted by molar-refractivity contribution is -0.130. The first-order valence-electron chi connectivity index (χ1n) is 6.02. The van der Waals surface area contributed by atoms with Crippen LogP contribution in [0, 0.1) is 11.8 Å². The van der Waals surface area contributed by atoms with E-state index < -0.39 is 0 Å². The Morgan fingerprint density at radius 3 is 2.56 bits per heavy atom. The Bertz CT molecular complexity index is 219. The van der Waals surface area contributed by atoms with Crippen molar-refractivity contribution in [1.29, 1.82) is 0 Å². The molecule has 0 aromatic heterocycles. The third-order valence-corrected chi connectivity index (χ3v) is 2.94. The summed E-state index contributed by atoms with van der Waals surface area (Å²) in [5.74, 6) is 1.68. The molecule has 2 atom stereocenters. The average Bonchev–Trinajstić information content (AvgIpc) is 2.50. The molecule has 1 aliphatic heterocycles. The van der Waals surface area contributed by atoms with Gasteiger partial charge in [-0.25, -0.2) is 0 Å². The molecule has 0 radical (unpaired) electrons. The van der Waals surface area contributed by atoms with Crippen molar-refractivity contribution in [1.82, 2.24) is 4.90 Å². The van der Waals surface area contributed by atoms with E-state index in [4.69, 9.17) is 5.73 Å². The first-order valence-corrected chi connectivity index (χ1v) is 6.02. The minimum Gasteiger partial charge on any atom is -0.342 e. The van der Waals surface area contributed by atoms with Crippen molar-refractivity contribution >= 4 is 18.3 Å². The van der Waals surface area contributed by atoms with Gasteiger partial charge in [-0.3, -0.25) is 4.79 Å². The summed E-state index contributed by atoms with van der Waals surface area (Å²) in [7, 11) is 0. The summed E-state index contributed by atoms with van der Waals surface area (Å²) in [6.07, 6.45) is 2.90. The molecule has 1 amide bonds. The molecule has 2 unspecified atom stereocenters. The molecule has 1 heterocycles. The zero-order valence-corrected chi connectivity index (χ0v) is 11.4. The van der Waals surface area contributed by atoms with E-state index in [-0.39, 0.29) is 24.4 Å². The summed E-state index contributed by atoms with van der Waals surface area (Å²) in [6.45, 7) is 8.26. The molecular formula is C12H25ClN2O. The van der Waals surface area contributed by atoms with Crippen LogP contribution in [0.4, 0.5) is 0 Å². The Kier molecular flexibility index (Phi) is 7.00. The number of hydrogen-bond acceptors (Lipinski definition) is 2. The largest absolute Gasteiger partial charge is 0.342 e. The lowest BCUT2D eigenvalue weighted by atomic mass is 9.97. The van der Waals surface area contributed by atoms with E-state index in [0.29, 0.717) is 12.3 Å². The lowest BCUT2D eigenvalue weighted by Gasteiger charge is -2.18. The molecular weight excluding hydrogens is 224 g/mol. The van der Waals surface area contributed by atoms with E-state index in [0.717, 1.165) is 19.0 Å². The van der Waals surface area contributed by atoms with Crippen LogP contribution in [-0.2, 0) is 4.79 Å². The van der Waals surface area contributed by atoms with E-state index in [1.807, 2.05) is 11.8 Å². The minimum atomic E-state index is -0.0124. The first-order chi connectivity index (χ1) is 6.99. The van der Waals surface area contributed by atoms with E-state index >= 15 is 0 Å². The topological polar surface area (TPSA) is 46.3 Å². The molecule has 3 nitrogen and oxygen atoms in total. The minimum absolute atomic E-state index is 0. The summed E-state index contributed by atoms with van der Waals surface area (Å²) in [6, 6.07) is -0.0124. The zero-order chi connectivity index (χ0) is 11.4. The molecule has 4 heteroatoms. The van der Waals surface area contributed by atoms with Gasteiger partial charge >= 0.3 is 0 Å². The highest BCUT2D eigenvalue weighted by Gasteiger charge is 2.26. The van der Waals surface area contributed by atoms with Crippen LogP contribution in [0.1, 0.15) is 40.0 Å². The van der Waals surface area contributed by atoms with Gasteiger partial charge in [0.05, 0.1) is 0 Å². The van der Waals surface area contributed by atoms with Crippen molar-refractivity contribution in [3.05, 3.63) is 0 Å². The first kappa shape index (κ1) is 15.7. The van der Waals surface area contributed by atoms with E-state index in [9.17, 15) is 4.79 Å². The standard InChI is InChI=1S/C12H24N2O.ClH/c1-9(2)6-11-4-5-14(8-11)12(15)7-10(3)13;/h9-11H,4-8,13H2,1-3H3;1H. The SMILES string of the molecule is CC(C)CC1CCN(C(=O)CC(C)N)C1.Cl. The van der Waals surface area contributed by atoms with Crippen molar-refractivity contribution in [2.45, 2.75) is 46.1 Å². The normalized spacial score (nSPS) is 22.1. The number of amides is 1. The van der Waals surface area contributed by atoms with E-state index in [1.165, 1.54) is 12.8 Å². The van der Waals surface area contributed by atoms with E-state index in [1.54, 1.807) is 0 Å². The summed E-state index contributed by atoms with van der Waals surface area (Å²) in [5, 5.41) is 0. The molecule has 0 bridgehead atoms. The predicted molar refractivity (Wildman–Crippen MR) is 69.7 cm³/mol. The predicted octanol–water partition coefficient (Wildman–Crippen LogP) is 2.04. The summed E-state index contributed by atoms with van der Waals surface area (Å²) in [5.41, 5.74) is 5.63. The van der Waals surface area contributed by atoms with Gasteiger partial charge in [-0.2, -0.15) is 0 Å². The highest BCUT2D eigenvalue weighted by atomic mass is 35.5. The molecule has 0 spiro atoms. The van der Waals surface area contributed by atoms with E-state index in [2.05, 4.69) is 13.8 Å². The highest BCUT2D eigenvalue weighted by Crippen LogP contribution is 2.23. The Labute approximate surface area is 105 Å². The van der Waals surface area contributed by atoms with Gasteiger partial charge in [-0.15, -0.1) is 12.4 Å². The number of carbonyl (C=O) groups is 1. The van der Waals surface area contributed by atoms with Crippen LogP contribution in [-0.4, -0.2) is 29.9 Å². The van der Waals surface area contributed by atoms with Crippen LogP contribution < -0.4 is 5.73 Å². The maximum absolute atomic E-state index is 11.7. The van der Waals surface area contributed by atoms with Gasteiger partial charge in [0, 0.05) is 25.6 Å². The second-order valence-electron chi connectivity index (χ2n) is 5.31. The Balaban J connectivity index is 0.00000225. The number of likely N-dealkylation sites (tertiary alicyclic amines) is 1. The second kappa shape index (κ2) is 7.13. The zero-order valence-electron chi connectivity index (χ0n) is 10.6. The number of nitrogens with zero attached hydrogens (tertiary/aromatic N) is 1. The maximum Gasteiger partial charge on any atom is 0.224 e. The van der Waals surface area contributed by atoms with Crippen molar-refractivity contribution < 1.29 is 4.79 Å². The smallest absolute Gasteiger partial charge is 0.224 e. The van der Waals surface area contributed by atoms with Gasteiger partial charge in [-0.05, 0) is 31.6 Å². The van der Waals surface area contributed by atoms with Gasteiger partial charge in [-0.1, -0.05) is 13.8 Å². The van der Waals surface area contributed by atoms with Gasteiger partial charge < -0.3 is 10.6 Å². The number of carbonyl (C=O) groups excluding carboxylic acids is 1. The summed E-state index contributed by atoms with van der Waals surface area (Å²) in [4.78, 5) is 13.7. The van der Waals surface area contributed by atoms with Gasteiger partial charge in [0.25, 0.3) is 0 Å². The molecule has 0 aromatic rings. The van der Waals surface area contributed by atoms with Gasteiger partial charge in [0.1, 0.15) is 0 Å². The van der Waals surface area contributed by atoms with Crippen LogP contribution in [0.2, 0.25) is 0 Å². The van der Waals surface area contributed by atoms with Crippen LogP contribution in [0.25, 0.3) is 0 Å². The fraction of sp³-hybridized carbons (Fsp3) is 0.917. The highest BCUT2D eigenvalue weighted by molar-refractivity contribution is 5.85. The van der Waals surface area contributed by atoms with Crippen LogP contribution >= 0.6 is 12.4 Å². The quantitative estimate of drug-likeness (QED) is 0.828. The molecule has 0 saturated carbocycles. The molecule has 0 aromatic carbocycles. The summed E-state index contributed by atoms with van der Waals surface area (Å²) < 4.78 is 0. The molecule has 1 aliphatic rings. The van der Waals surface area contributed by atoms with Crippen molar-refractivity contribution in [2.75, 3.05) is 13.1 Å². The average molecular weight is 249 g/mol. The number of rotatable bonds is 4. The maximum atomic E-state index is 11.7. The molecule has 96 valence electrons. The van der Waals surface area contributed by atoms with Crippen molar-refractivity contribution in [3.8, 4) is 0 Å². The number of halogens is 1. The third kappa shape index (κ3) is 5.17. The molecule has 1 saturated heterocycles. The second-order valence-corrected chi connectivity index (χ2v) is 5.31. The van der Waals surface area contributed by atoms with Crippen LogP contribution in [0.15, 0.2) is 0 Å². The van der Waals surface area contributed by atoms with Gasteiger partial charge in [0.2, 0.25) is 5.91 Å². The van der Waals surface area contributed by atoms with Gasteiger partial charge in [0.15, 0.2) is 0 Å². The lowest BCUT2D eigenvalue weighted by Crippen LogP contribution is -2.33. The monoisotopic (exact) mass is 248 g/mol. The summed E-state index contributed by atoms with van der Waals surface area (Å²) >= 11 is 0. The number of hydrogen-bond donors (Lipinski definition) is 1. The van der Waals surface area contributed by atoms with Crippen LogP contribution in [0.5, 0.6) is 0 Å². The number of nitrogens with two attached hydrogens (primary N) is 1. The van der Waals surface area contributed by atoms with Crippen molar-refractivity contribution in [3.63, 3.8) is 0 Å². The molecule has 16 heavy (non-hydrogen) atoms. The fourth-order valence-electron chi connectivity index (χ4n) is 2.32. The Hall–Kier alpha value is -0.280. The molecule has 1 fully saturated rings.